The number of hydrogen-bond acceptors (Lipinski definition) is 4. The van der Waals surface area contributed by atoms with E-state index in [1.807, 2.05) is 41.3 Å². The van der Waals surface area contributed by atoms with E-state index in [1.165, 1.54) is 0 Å². The van der Waals surface area contributed by atoms with Gasteiger partial charge in [-0.2, -0.15) is 0 Å². The van der Waals surface area contributed by atoms with Crippen LogP contribution in [0.25, 0.3) is 0 Å². The number of aromatic nitrogens is 1. The SMILES string of the molecule is COc1cccc(CC(=O)N2CCC(Oc3ncccc3Br)C2)c1. The summed E-state index contributed by atoms with van der Waals surface area (Å²) in [5, 5.41) is 0. The molecule has 6 heteroatoms. The fraction of sp³-hybridized carbons (Fsp3) is 0.333. The molecule has 0 radical (unpaired) electrons. The lowest BCUT2D eigenvalue weighted by atomic mass is 10.1. The van der Waals surface area contributed by atoms with E-state index in [0.717, 1.165) is 22.2 Å². The van der Waals surface area contributed by atoms with Crippen LogP contribution in [-0.4, -0.2) is 42.1 Å². The van der Waals surface area contributed by atoms with Crippen LogP contribution < -0.4 is 9.47 Å². The molecule has 0 N–H and O–H groups in total. The van der Waals surface area contributed by atoms with Crippen molar-refractivity contribution in [3.05, 3.63) is 52.6 Å². The Morgan fingerprint density at radius 1 is 1.38 bits per heavy atom. The van der Waals surface area contributed by atoms with Crippen LogP contribution in [0.1, 0.15) is 12.0 Å². The summed E-state index contributed by atoms with van der Waals surface area (Å²) in [6.45, 7) is 1.30. The van der Waals surface area contributed by atoms with Gasteiger partial charge in [0.25, 0.3) is 0 Å². The fourth-order valence-corrected chi connectivity index (χ4v) is 3.08. The third-order valence-electron chi connectivity index (χ3n) is 3.99. The first kappa shape index (κ1) is 16.8. The zero-order valence-corrected chi connectivity index (χ0v) is 15.0. The molecular formula is C18H19BrN2O3. The predicted molar refractivity (Wildman–Crippen MR) is 94.2 cm³/mol. The number of halogens is 1. The first-order chi connectivity index (χ1) is 11.7. The summed E-state index contributed by atoms with van der Waals surface area (Å²) < 4.78 is 11.9. The molecule has 24 heavy (non-hydrogen) atoms. The van der Waals surface area contributed by atoms with Crippen LogP contribution in [0, 0.1) is 0 Å². The van der Waals surface area contributed by atoms with Gasteiger partial charge in [0.05, 0.1) is 24.5 Å². The molecule has 0 spiro atoms. The molecule has 2 heterocycles. The van der Waals surface area contributed by atoms with Crippen molar-refractivity contribution in [3.63, 3.8) is 0 Å². The van der Waals surface area contributed by atoms with Gasteiger partial charge >= 0.3 is 0 Å². The highest BCUT2D eigenvalue weighted by Crippen LogP contribution is 2.25. The number of likely N-dealkylation sites (tertiary alicyclic amines) is 1. The number of ether oxygens (including phenoxy) is 2. The Kier molecular flexibility index (Phi) is 5.35. The van der Waals surface area contributed by atoms with E-state index in [0.29, 0.717) is 25.4 Å². The number of rotatable bonds is 5. The highest BCUT2D eigenvalue weighted by Gasteiger charge is 2.28. The van der Waals surface area contributed by atoms with Crippen LogP contribution in [0.15, 0.2) is 47.1 Å². The second-order valence-electron chi connectivity index (χ2n) is 5.69. The quantitative estimate of drug-likeness (QED) is 0.786. The van der Waals surface area contributed by atoms with E-state index in [1.54, 1.807) is 13.3 Å². The van der Waals surface area contributed by atoms with E-state index in [-0.39, 0.29) is 12.0 Å². The number of pyridine rings is 1. The Bertz CT molecular complexity index is 723. The maximum absolute atomic E-state index is 12.5. The van der Waals surface area contributed by atoms with Gasteiger partial charge in [0, 0.05) is 19.2 Å². The van der Waals surface area contributed by atoms with Crippen molar-refractivity contribution in [1.82, 2.24) is 9.88 Å². The van der Waals surface area contributed by atoms with Crippen molar-refractivity contribution in [1.29, 1.82) is 0 Å². The molecule has 1 saturated heterocycles. The minimum Gasteiger partial charge on any atom is -0.497 e. The van der Waals surface area contributed by atoms with Crippen LogP contribution >= 0.6 is 15.9 Å². The van der Waals surface area contributed by atoms with Gasteiger partial charge in [0.1, 0.15) is 11.9 Å². The Morgan fingerprint density at radius 2 is 2.25 bits per heavy atom. The fourth-order valence-electron chi connectivity index (χ4n) is 2.74. The first-order valence-electron chi connectivity index (χ1n) is 7.83. The summed E-state index contributed by atoms with van der Waals surface area (Å²) in [7, 11) is 1.62. The van der Waals surface area contributed by atoms with Gasteiger partial charge < -0.3 is 14.4 Å². The molecule has 2 aromatic rings. The Morgan fingerprint density at radius 3 is 3.04 bits per heavy atom. The first-order valence-corrected chi connectivity index (χ1v) is 8.63. The molecule has 1 aliphatic rings. The predicted octanol–water partition coefficient (Wildman–Crippen LogP) is 3.08. The lowest BCUT2D eigenvalue weighted by Gasteiger charge is -2.17. The topological polar surface area (TPSA) is 51.7 Å². The van der Waals surface area contributed by atoms with Crippen LogP contribution in [0.5, 0.6) is 11.6 Å². The number of amides is 1. The summed E-state index contributed by atoms with van der Waals surface area (Å²) in [5.74, 6) is 1.45. The minimum absolute atomic E-state index is 0.0227. The van der Waals surface area contributed by atoms with Crippen LogP contribution in [0.3, 0.4) is 0 Å². The van der Waals surface area contributed by atoms with Gasteiger partial charge in [-0.1, -0.05) is 12.1 Å². The third-order valence-corrected chi connectivity index (χ3v) is 4.59. The maximum Gasteiger partial charge on any atom is 0.228 e. The van der Waals surface area contributed by atoms with Crippen molar-refractivity contribution < 1.29 is 14.3 Å². The van der Waals surface area contributed by atoms with Gasteiger partial charge in [0.2, 0.25) is 11.8 Å². The molecule has 0 saturated carbocycles. The smallest absolute Gasteiger partial charge is 0.228 e. The summed E-state index contributed by atoms with van der Waals surface area (Å²) in [5.41, 5.74) is 0.955. The summed E-state index contributed by atoms with van der Waals surface area (Å²) in [6, 6.07) is 11.3. The molecule has 0 bridgehead atoms. The van der Waals surface area contributed by atoms with Gasteiger partial charge in [-0.05, 0) is 45.8 Å². The molecule has 0 aliphatic carbocycles. The molecule has 1 fully saturated rings. The van der Waals surface area contributed by atoms with E-state index < -0.39 is 0 Å². The molecule has 1 aliphatic heterocycles. The van der Waals surface area contributed by atoms with Crippen molar-refractivity contribution in [3.8, 4) is 11.6 Å². The molecule has 1 aromatic heterocycles. The number of hydrogen-bond donors (Lipinski definition) is 0. The highest BCUT2D eigenvalue weighted by atomic mass is 79.9. The van der Waals surface area contributed by atoms with Crippen molar-refractivity contribution in [2.75, 3.05) is 20.2 Å². The average molecular weight is 391 g/mol. The zero-order valence-electron chi connectivity index (χ0n) is 13.4. The Hall–Kier alpha value is -2.08. The van der Waals surface area contributed by atoms with Crippen molar-refractivity contribution in [2.24, 2.45) is 0 Å². The third kappa shape index (κ3) is 4.06. The standard InChI is InChI=1S/C18H19BrN2O3/c1-23-14-5-2-4-13(10-14)11-17(22)21-9-7-15(12-21)24-18-16(19)6-3-8-20-18/h2-6,8,10,15H,7,9,11-12H2,1H3. The van der Waals surface area contributed by atoms with E-state index in [2.05, 4.69) is 20.9 Å². The Labute approximate surface area is 149 Å². The average Bonchev–Trinajstić information content (AvgIpc) is 3.06. The van der Waals surface area contributed by atoms with Gasteiger partial charge in [0.15, 0.2) is 0 Å². The molecule has 126 valence electrons. The largest absolute Gasteiger partial charge is 0.497 e. The number of carbonyl (C=O) groups is 1. The van der Waals surface area contributed by atoms with Crippen molar-refractivity contribution in [2.45, 2.75) is 18.9 Å². The zero-order chi connectivity index (χ0) is 16.9. The van der Waals surface area contributed by atoms with Crippen LogP contribution in [-0.2, 0) is 11.2 Å². The second kappa shape index (κ2) is 7.66. The Balaban J connectivity index is 1.57. The van der Waals surface area contributed by atoms with Crippen LogP contribution in [0.2, 0.25) is 0 Å². The lowest BCUT2D eigenvalue weighted by molar-refractivity contribution is -0.129. The number of carbonyl (C=O) groups excluding carboxylic acids is 1. The molecule has 5 nitrogen and oxygen atoms in total. The van der Waals surface area contributed by atoms with E-state index in [4.69, 9.17) is 9.47 Å². The molecular weight excluding hydrogens is 372 g/mol. The van der Waals surface area contributed by atoms with Gasteiger partial charge in [-0.15, -0.1) is 0 Å². The summed E-state index contributed by atoms with van der Waals surface area (Å²) >= 11 is 3.43. The summed E-state index contributed by atoms with van der Waals surface area (Å²) in [6.07, 6.45) is 2.86. The van der Waals surface area contributed by atoms with Crippen molar-refractivity contribution >= 4 is 21.8 Å². The highest BCUT2D eigenvalue weighted by molar-refractivity contribution is 9.10. The number of benzene rings is 1. The molecule has 1 amide bonds. The maximum atomic E-state index is 12.5. The van der Waals surface area contributed by atoms with E-state index >= 15 is 0 Å². The lowest BCUT2D eigenvalue weighted by Crippen LogP contribution is -2.32. The van der Waals surface area contributed by atoms with Gasteiger partial charge in [-0.3, -0.25) is 4.79 Å². The minimum atomic E-state index is -0.0227. The monoisotopic (exact) mass is 390 g/mol. The molecule has 3 rings (SSSR count). The normalized spacial score (nSPS) is 16.9. The van der Waals surface area contributed by atoms with E-state index in [9.17, 15) is 4.79 Å². The summed E-state index contributed by atoms with van der Waals surface area (Å²) in [4.78, 5) is 18.5. The number of nitrogens with zero attached hydrogens (tertiary/aromatic N) is 2. The molecule has 1 unspecified atom stereocenters. The number of methoxy groups -OCH3 is 1. The van der Waals surface area contributed by atoms with Gasteiger partial charge in [-0.25, -0.2) is 4.98 Å². The molecule has 1 atom stereocenters. The molecule has 1 aromatic carbocycles. The second-order valence-corrected chi connectivity index (χ2v) is 6.54. The van der Waals surface area contributed by atoms with Crippen LogP contribution in [0.4, 0.5) is 0 Å².